The van der Waals surface area contributed by atoms with E-state index in [2.05, 4.69) is 12.2 Å². The van der Waals surface area contributed by atoms with Crippen LogP contribution >= 0.6 is 0 Å². The Morgan fingerprint density at radius 2 is 1.88 bits per heavy atom. The van der Waals surface area contributed by atoms with Gasteiger partial charge in [0.1, 0.15) is 12.1 Å². The van der Waals surface area contributed by atoms with Gasteiger partial charge in [-0.1, -0.05) is 13.3 Å². The first-order valence-electron chi connectivity index (χ1n) is 6.69. The fourth-order valence-corrected chi connectivity index (χ4v) is 2.65. The summed E-state index contributed by atoms with van der Waals surface area (Å²) in [7, 11) is 0. The van der Waals surface area contributed by atoms with Gasteiger partial charge in [-0.15, -0.1) is 0 Å². The van der Waals surface area contributed by atoms with Gasteiger partial charge in [0.05, 0.1) is 0 Å². The fourth-order valence-electron chi connectivity index (χ4n) is 2.65. The first kappa shape index (κ1) is 11.9. The second kappa shape index (κ2) is 5.67. The molecule has 0 bridgehead atoms. The van der Waals surface area contributed by atoms with Crippen LogP contribution < -0.4 is 5.32 Å². The predicted molar refractivity (Wildman–Crippen MR) is 63.2 cm³/mol. The number of ether oxygens (including phenoxy) is 1. The predicted octanol–water partition coefficient (Wildman–Crippen LogP) is 2.25. The number of esters is 1. The molecule has 2 fully saturated rings. The van der Waals surface area contributed by atoms with Crippen molar-refractivity contribution < 1.29 is 9.53 Å². The van der Waals surface area contributed by atoms with E-state index in [9.17, 15) is 4.79 Å². The van der Waals surface area contributed by atoms with Crippen LogP contribution in [0.2, 0.25) is 0 Å². The third-order valence-electron chi connectivity index (χ3n) is 3.84. The number of nitrogens with one attached hydrogen (secondary N) is 1. The lowest BCUT2D eigenvalue weighted by molar-refractivity contribution is -0.154. The van der Waals surface area contributed by atoms with E-state index in [0.717, 1.165) is 38.1 Å². The van der Waals surface area contributed by atoms with E-state index in [1.807, 2.05) is 0 Å². The molecule has 2 rings (SSSR count). The molecule has 1 aliphatic heterocycles. The summed E-state index contributed by atoms with van der Waals surface area (Å²) in [6, 6.07) is -0.0342. The Morgan fingerprint density at radius 1 is 1.12 bits per heavy atom. The average molecular weight is 225 g/mol. The Bertz CT molecular complexity index is 228. The molecule has 0 unspecified atom stereocenters. The maximum absolute atomic E-state index is 11.9. The summed E-state index contributed by atoms with van der Waals surface area (Å²) in [5.41, 5.74) is 0. The van der Waals surface area contributed by atoms with E-state index < -0.39 is 0 Å². The maximum atomic E-state index is 11.9. The highest BCUT2D eigenvalue weighted by Crippen LogP contribution is 2.26. The minimum absolute atomic E-state index is 0.0146. The summed E-state index contributed by atoms with van der Waals surface area (Å²) < 4.78 is 5.58. The monoisotopic (exact) mass is 225 g/mol. The van der Waals surface area contributed by atoms with Crippen molar-refractivity contribution in [2.45, 2.75) is 64.0 Å². The van der Waals surface area contributed by atoms with E-state index in [1.165, 1.54) is 19.3 Å². The van der Waals surface area contributed by atoms with E-state index in [-0.39, 0.29) is 18.1 Å². The van der Waals surface area contributed by atoms with Crippen molar-refractivity contribution in [1.29, 1.82) is 0 Å². The van der Waals surface area contributed by atoms with Crippen molar-refractivity contribution in [3.63, 3.8) is 0 Å². The smallest absolute Gasteiger partial charge is 0.323 e. The van der Waals surface area contributed by atoms with Crippen LogP contribution in [0.4, 0.5) is 0 Å². The van der Waals surface area contributed by atoms with Crippen molar-refractivity contribution in [3.05, 3.63) is 0 Å². The number of hydrogen-bond donors (Lipinski definition) is 1. The van der Waals surface area contributed by atoms with Crippen LogP contribution in [0, 0.1) is 5.92 Å². The third kappa shape index (κ3) is 3.21. The number of rotatable bonds is 2. The van der Waals surface area contributed by atoms with Crippen LogP contribution in [-0.4, -0.2) is 24.7 Å². The number of hydrogen-bond acceptors (Lipinski definition) is 3. The maximum Gasteiger partial charge on any atom is 0.323 e. The molecule has 1 N–H and O–H groups in total. The summed E-state index contributed by atoms with van der Waals surface area (Å²) >= 11 is 0. The lowest BCUT2D eigenvalue weighted by Gasteiger charge is -2.29. The molecule has 3 heteroatoms. The SMILES string of the molecule is CC1CCC(OC(=O)[C@@H]2CCCCN2)CC1. The van der Waals surface area contributed by atoms with Crippen molar-refractivity contribution in [2.75, 3.05) is 6.54 Å². The summed E-state index contributed by atoms with van der Waals surface area (Å²) in [6.07, 6.45) is 7.99. The van der Waals surface area contributed by atoms with Crippen molar-refractivity contribution in [1.82, 2.24) is 5.32 Å². The van der Waals surface area contributed by atoms with Crippen LogP contribution in [0.25, 0.3) is 0 Å². The van der Waals surface area contributed by atoms with Crippen LogP contribution in [0.15, 0.2) is 0 Å². The normalized spacial score (nSPS) is 35.7. The lowest BCUT2D eigenvalue weighted by atomic mass is 9.89. The molecule has 2 aliphatic rings. The van der Waals surface area contributed by atoms with Gasteiger partial charge in [0.25, 0.3) is 0 Å². The minimum atomic E-state index is -0.0342. The van der Waals surface area contributed by atoms with Gasteiger partial charge in [0.15, 0.2) is 0 Å². The molecule has 0 spiro atoms. The number of piperidine rings is 1. The largest absolute Gasteiger partial charge is 0.461 e. The summed E-state index contributed by atoms with van der Waals surface area (Å²) in [5, 5.41) is 3.24. The molecule has 0 aromatic heterocycles. The highest BCUT2D eigenvalue weighted by Gasteiger charge is 2.26. The Labute approximate surface area is 97.9 Å². The van der Waals surface area contributed by atoms with Crippen LogP contribution in [0.1, 0.15) is 51.9 Å². The Balaban J connectivity index is 1.73. The van der Waals surface area contributed by atoms with Gasteiger partial charge in [-0.3, -0.25) is 4.79 Å². The van der Waals surface area contributed by atoms with Gasteiger partial charge < -0.3 is 10.1 Å². The van der Waals surface area contributed by atoms with Crippen LogP contribution in [-0.2, 0) is 9.53 Å². The average Bonchev–Trinajstić information content (AvgIpc) is 2.33. The zero-order valence-electron chi connectivity index (χ0n) is 10.2. The molecular formula is C13H23NO2. The van der Waals surface area contributed by atoms with Crippen LogP contribution in [0.3, 0.4) is 0 Å². The van der Waals surface area contributed by atoms with Crippen molar-refractivity contribution >= 4 is 5.97 Å². The Morgan fingerprint density at radius 3 is 2.50 bits per heavy atom. The van der Waals surface area contributed by atoms with E-state index in [0.29, 0.717) is 0 Å². The van der Waals surface area contributed by atoms with E-state index in [4.69, 9.17) is 4.74 Å². The van der Waals surface area contributed by atoms with Crippen molar-refractivity contribution in [3.8, 4) is 0 Å². The zero-order valence-corrected chi connectivity index (χ0v) is 10.2. The zero-order chi connectivity index (χ0) is 11.4. The lowest BCUT2D eigenvalue weighted by Crippen LogP contribution is -2.43. The van der Waals surface area contributed by atoms with Gasteiger partial charge in [-0.2, -0.15) is 0 Å². The van der Waals surface area contributed by atoms with Gasteiger partial charge in [-0.25, -0.2) is 0 Å². The Hall–Kier alpha value is -0.570. The molecule has 1 heterocycles. The first-order chi connectivity index (χ1) is 7.75. The highest BCUT2D eigenvalue weighted by molar-refractivity contribution is 5.76. The molecule has 92 valence electrons. The number of carbonyl (C=O) groups is 1. The second-order valence-electron chi connectivity index (χ2n) is 5.32. The number of carbonyl (C=O) groups excluding carboxylic acids is 1. The summed E-state index contributed by atoms with van der Waals surface area (Å²) in [4.78, 5) is 11.9. The molecule has 0 aromatic carbocycles. The van der Waals surface area contributed by atoms with Gasteiger partial charge in [0, 0.05) is 0 Å². The molecule has 1 atom stereocenters. The fraction of sp³-hybridized carbons (Fsp3) is 0.923. The van der Waals surface area contributed by atoms with E-state index >= 15 is 0 Å². The quantitative estimate of drug-likeness (QED) is 0.733. The molecule has 16 heavy (non-hydrogen) atoms. The minimum Gasteiger partial charge on any atom is -0.461 e. The molecule has 0 radical (unpaired) electrons. The standard InChI is InChI=1S/C13H23NO2/c1-10-5-7-11(8-6-10)16-13(15)12-4-2-3-9-14-12/h10-12,14H,2-9H2,1H3/t10?,11?,12-/m0/s1. The summed E-state index contributed by atoms with van der Waals surface area (Å²) in [5.74, 6) is 0.794. The molecular weight excluding hydrogens is 202 g/mol. The first-order valence-corrected chi connectivity index (χ1v) is 6.69. The molecule has 0 aromatic rings. The third-order valence-corrected chi connectivity index (χ3v) is 3.84. The molecule has 1 saturated carbocycles. The molecule has 0 amide bonds. The Kier molecular flexibility index (Phi) is 4.22. The van der Waals surface area contributed by atoms with Crippen molar-refractivity contribution in [2.24, 2.45) is 5.92 Å². The highest BCUT2D eigenvalue weighted by atomic mass is 16.5. The van der Waals surface area contributed by atoms with Gasteiger partial charge in [0.2, 0.25) is 0 Å². The molecule has 1 aliphatic carbocycles. The van der Waals surface area contributed by atoms with Gasteiger partial charge in [-0.05, 0) is 51.0 Å². The van der Waals surface area contributed by atoms with E-state index in [1.54, 1.807) is 0 Å². The topological polar surface area (TPSA) is 38.3 Å². The second-order valence-corrected chi connectivity index (χ2v) is 5.32. The van der Waals surface area contributed by atoms with Gasteiger partial charge >= 0.3 is 5.97 Å². The van der Waals surface area contributed by atoms with Crippen LogP contribution in [0.5, 0.6) is 0 Å². The molecule has 3 nitrogen and oxygen atoms in total. The summed E-state index contributed by atoms with van der Waals surface area (Å²) in [6.45, 7) is 3.24. The molecule has 1 saturated heterocycles.